The van der Waals surface area contributed by atoms with Gasteiger partial charge >= 0.3 is 0 Å². The summed E-state index contributed by atoms with van der Waals surface area (Å²) in [6.07, 6.45) is 0.598. The Balaban J connectivity index is 1.58. The second-order valence-corrected chi connectivity index (χ2v) is 11.4. The predicted molar refractivity (Wildman–Crippen MR) is 142 cm³/mol. The van der Waals surface area contributed by atoms with Crippen LogP contribution in [0.15, 0.2) is 54.6 Å². The van der Waals surface area contributed by atoms with Crippen LogP contribution in [0.4, 0.5) is 5.69 Å². The number of anilines is 1. The summed E-state index contributed by atoms with van der Waals surface area (Å²) in [5.41, 5.74) is -0.0129. The zero-order valence-electron chi connectivity index (χ0n) is 20.3. The maximum absolute atomic E-state index is 14.2. The van der Waals surface area contributed by atoms with Gasteiger partial charge in [0.15, 0.2) is 0 Å². The van der Waals surface area contributed by atoms with E-state index in [1.165, 1.54) is 4.90 Å². The highest BCUT2D eigenvalue weighted by atomic mass is 79.9. The molecule has 2 aromatic carbocycles. The number of aliphatic hydroxyl groups is 1. The van der Waals surface area contributed by atoms with Crippen molar-refractivity contribution in [2.45, 2.75) is 48.4 Å². The van der Waals surface area contributed by atoms with E-state index in [1.807, 2.05) is 37.3 Å². The number of halogens is 2. The van der Waals surface area contributed by atoms with E-state index in [-0.39, 0.29) is 16.6 Å². The van der Waals surface area contributed by atoms with Crippen molar-refractivity contribution < 1.29 is 24.2 Å². The van der Waals surface area contributed by atoms with Crippen LogP contribution in [-0.4, -0.2) is 63.5 Å². The van der Waals surface area contributed by atoms with Crippen molar-refractivity contribution in [1.29, 1.82) is 0 Å². The van der Waals surface area contributed by atoms with Crippen LogP contribution in [0.3, 0.4) is 0 Å². The number of rotatable bonds is 8. The molecule has 37 heavy (non-hydrogen) atoms. The third-order valence-corrected chi connectivity index (χ3v) is 8.73. The summed E-state index contributed by atoms with van der Waals surface area (Å²) in [6.45, 7) is 2.05. The molecule has 196 valence electrons. The van der Waals surface area contributed by atoms with Gasteiger partial charge in [0.25, 0.3) is 0 Å². The Bertz CT molecular complexity index is 1180. The van der Waals surface area contributed by atoms with Crippen LogP contribution >= 0.6 is 27.5 Å². The highest BCUT2D eigenvalue weighted by Gasteiger charge is 2.77. The Morgan fingerprint density at radius 1 is 1.19 bits per heavy atom. The summed E-state index contributed by atoms with van der Waals surface area (Å²) in [6, 6.07) is 13.9. The number of nitrogens with zero attached hydrogens (tertiary/aromatic N) is 1. The van der Waals surface area contributed by atoms with Crippen molar-refractivity contribution in [3.05, 3.63) is 65.2 Å². The minimum atomic E-state index is -1.22. The second kappa shape index (κ2) is 10.4. The normalized spacial score (nSPS) is 30.8. The van der Waals surface area contributed by atoms with Crippen LogP contribution in [0.25, 0.3) is 0 Å². The molecule has 8 nitrogen and oxygen atoms in total. The Morgan fingerprint density at radius 3 is 2.54 bits per heavy atom. The van der Waals surface area contributed by atoms with Crippen molar-refractivity contribution in [3.63, 3.8) is 0 Å². The van der Waals surface area contributed by atoms with E-state index in [2.05, 4.69) is 26.6 Å². The first-order chi connectivity index (χ1) is 17.8. The highest BCUT2D eigenvalue weighted by molar-refractivity contribution is 9.09. The van der Waals surface area contributed by atoms with E-state index in [9.17, 15) is 19.5 Å². The topological polar surface area (TPSA) is 108 Å². The molecule has 0 aromatic heterocycles. The van der Waals surface area contributed by atoms with E-state index >= 15 is 0 Å². The van der Waals surface area contributed by atoms with Gasteiger partial charge in [0.2, 0.25) is 17.7 Å². The lowest BCUT2D eigenvalue weighted by molar-refractivity contribution is -0.144. The Hall–Kier alpha value is -2.46. The van der Waals surface area contributed by atoms with Crippen molar-refractivity contribution in [2.75, 3.05) is 18.5 Å². The molecule has 1 spiro atoms. The molecule has 10 heteroatoms. The first-order valence-electron chi connectivity index (χ1n) is 12.5. The van der Waals surface area contributed by atoms with Gasteiger partial charge in [0.1, 0.15) is 11.6 Å². The lowest BCUT2D eigenvalue weighted by Gasteiger charge is -2.37. The molecule has 2 bridgehead atoms. The Morgan fingerprint density at radius 2 is 1.89 bits per heavy atom. The summed E-state index contributed by atoms with van der Waals surface area (Å²) in [7, 11) is 0. The largest absolute Gasteiger partial charge is 0.394 e. The molecule has 3 amide bonds. The molecule has 3 heterocycles. The van der Waals surface area contributed by atoms with E-state index in [1.54, 1.807) is 24.3 Å². The fourth-order valence-electron chi connectivity index (χ4n) is 6.14. The van der Waals surface area contributed by atoms with Crippen LogP contribution in [0.1, 0.15) is 31.4 Å². The number of amides is 3. The molecule has 3 saturated heterocycles. The van der Waals surface area contributed by atoms with Gasteiger partial charge in [-0.15, -0.1) is 0 Å². The van der Waals surface area contributed by atoms with Gasteiger partial charge in [-0.3, -0.25) is 14.4 Å². The van der Waals surface area contributed by atoms with E-state index in [0.717, 1.165) is 6.42 Å². The van der Waals surface area contributed by atoms with Crippen molar-refractivity contribution in [3.8, 4) is 0 Å². The van der Waals surface area contributed by atoms with Crippen LogP contribution in [0.5, 0.6) is 0 Å². The number of hydrogen-bond acceptors (Lipinski definition) is 5. The number of carbonyl (C=O) groups is 3. The quantitative estimate of drug-likeness (QED) is 0.409. The number of hydrogen-bond donors (Lipinski definition) is 3. The monoisotopic (exact) mass is 589 g/mol. The lowest BCUT2D eigenvalue weighted by Crippen LogP contribution is -2.55. The van der Waals surface area contributed by atoms with Crippen LogP contribution in [0, 0.1) is 11.8 Å². The molecule has 2 aromatic rings. The van der Waals surface area contributed by atoms with Gasteiger partial charge in [-0.2, -0.15) is 0 Å². The average Bonchev–Trinajstić information content (AvgIpc) is 3.49. The molecular weight excluding hydrogens is 562 g/mol. The number of ether oxygens (including phenoxy) is 1. The minimum absolute atomic E-state index is 0.205. The summed E-state index contributed by atoms with van der Waals surface area (Å²) in [4.78, 5) is 42.7. The first-order valence-corrected chi connectivity index (χ1v) is 13.8. The number of fused-ring (bicyclic) bond motifs is 1. The smallest absolute Gasteiger partial charge is 0.250 e. The number of alkyl halides is 1. The molecule has 0 aliphatic carbocycles. The number of aliphatic hydroxyl groups excluding tert-OH is 1. The van der Waals surface area contributed by atoms with E-state index < -0.39 is 48.1 Å². The van der Waals surface area contributed by atoms with Gasteiger partial charge in [-0.25, -0.2) is 0 Å². The van der Waals surface area contributed by atoms with E-state index in [0.29, 0.717) is 29.2 Å². The molecule has 0 saturated carbocycles. The molecule has 0 radical (unpaired) electrons. The number of benzene rings is 2. The SMILES string of the molecule is CCCNC(=O)[C@H]1[C@@H]2OC3(CC2Br)C(C(=O)Nc2ccc(Cl)cc2)N([C@H](CO)c2ccccc2)C(=O)[C@H]13. The van der Waals surface area contributed by atoms with Gasteiger partial charge < -0.3 is 25.4 Å². The summed E-state index contributed by atoms with van der Waals surface area (Å²) in [5.74, 6) is -2.65. The number of likely N-dealkylation sites (tertiary alicyclic amines) is 1. The molecule has 3 fully saturated rings. The van der Waals surface area contributed by atoms with Gasteiger partial charge in [0, 0.05) is 22.1 Å². The molecule has 5 rings (SSSR count). The van der Waals surface area contributed by atoms with Crippen LogP contribution < -0.4 is 10.6 Å². The lowest BCUT2D eigenvalue weighted by atomic mass is 9.70. The molecule has 3 N–H and O–H groups in total. The molecule has 3 unspecified atom stereocenters. The third-order valence-electron chi connectivity index (χ3n) is 7.63. The number of nitrogens with one attached hydrogen (secondary N) is 2. The fraction of sp³-hybridized carbons (Fsp3) is 0.444. The summed E-state index contributed by atoms with van der Waals surface area (Å²) >= 11 is 9.67. The van der Waals surface area contributed by atoms with Gasteiger partial charge in [-0.05, 0) is 42.7 Å². The number of carbonyl (C=O) groups excluding carboxylic acids is 3. The zero-order chi connectivity index (χ0) is 26.3. The van der Waals surface area contributed by atoms with E-state index in [4.69, 9.17) is 16.3 Å². The Labute approximate surface area is 228 Å². The fourth-order valence-corrected chi connectivity index (χ4v) is 7.21. The second-order valence-electron chi connectivity index (χ2n) is 9.81. The molecular formula is C27H29BrClN3O5. The molecule has 7 atom stereocenters. The maximum atomic E-state index is 14.2. The first kappa shape index (κ1) is 26.2. The predicted octanol–water partition coefficient (Wildman–Crippen LogP) is 3.29. The Kier molecular flexibility index (Phi) is 7.33. The van der Waals surface area contributed by atoms with Crippen molar-refractivity contribution in [2.24, 2.45) is 11.8 Å². The minimum Gasteiger partial charge on any atom is -0.394 e. The van der Waals surface area contributed by atoms with Crippen LogP contribution in [0.2, 0.25) is 5.02 Å². The molecule has 3 aliphatic heterocycles. The maximum Gasteiger partial charge on any atom is 0.250 e. The highest BCUT2D eigenvalue weighted by Crippen LogP contribution is 2.61. The van der Waals surface area contributed by atoms with Gasteiger partial charge in [0.05, 0.1) is 30.6 Å². The van der Waals surface area contributed by atoms with Crippen molar-refractivity contribution in [1.82, 2.24) is 10.2 Å². The van der Waals surface area contributed by atoms with Crippen LogP contribution in [-0.2, 0) is 19.1 Å². The standard InChI is InChI=1S/C27H29BrClN3O5/c1-2-12-30-24(34)20-21-26(36)32(19(14-33)15-6-4-3-5-7-15)23(27(21)13-18(28)22(20)37-27)25(35)31-17-10-8-16(29)9-11-17/h3-11,18-23,33H,2,12-14H2,1H3,(H,30,34)(H,31,35)/t18?,19-,20-,21+,22-,23?,27?/m1/s1. The zero-order valence-corrected chi connectivity index (χ0v) is 22.6. The summed E-state index contributed by atoms with van der Waals surface area (Å²) in [5, 5.41) is 16.8. The van der Waals surface area contributed by atoms with Crippen molar-refractivity contribution >= 4 is 50.9 Å². The summed E-state index contributed by atoms with van der Waals surface area (Å²) < 4.78 is 6.50. The average molecular weight is 591 g/mol. The van der Waals surface area contributed by atoms with Gasteiger partial charge in [-0.1, -0.05) is 64.8 Å². The third kappa shape index (κ3) is 4.35. The molecule has 3 aliphatic rings.